The monoisotopic (exact) mass is 533 g/mol. The summed E-state index contributed by atoms with van der Waals surface area (Å²) in [6.45, 7) is 1.85. The lowest BCUT2D eigenvalue weighted by Crippen LogP contribution is -2.31. The molecular weight excluding hydrogens is 502 g/mol. The molecule has 0 bridgehead atoms. The molecule has 192 valence electrons. The van der Waals surface area contributed by atoms with Gasteiger partial charge in [0.15, 0.2) is 4.80 Å². The van der Waals surface area contributed by atoms with Gasteiger partial charge in [0.05, 0.1) is 29.9 Å². The smallest absolute Gasteiger partial charge is 0.243 e. The van der Waals surface area contributed by atoms with Crippen LogP contribution in [0.15, 0.2) is 94.1 Å². The molecule has 0 saturated carbocycles. The highest BCUT2D eigenvalue weighted by molar-refractivity contribution is 7.89. The molecule has 4 aromatic rings. The van der Waals surface area contributed by atoms with E-state index in [1.54, 1.807) is 34.9 Å². The first-order valence-corrected chi connectivity index (χ1v) is 14.9. The molecule has 5 rings (SSSR count). The van der Waals surface area contributed by atoms with Crippen LogP contribution >= 0.6 is 11.3 Å². The molecule has 0 amide bonds. The molecule has 1 aromatic heterocycles. The van der Waals surface area contributed by atoms with Crippen LogP contribution in [0.4, 0.5) is 5.69 Å². The Balaban J connectivity index is 1.51. The van der Waals surface area contributed by atoms with E-state index in [0.29, 0.717) is 24.5 Å². The number of ether oxygens (including phenoxy) is 1. The topological polar surface area (TPSA) is 63.9 Å². The summed E-state index contributed by atoms with van der Waals surface area (Å²) in [4.78, 5) is 6.13. The van der Waals surface area contributed by atoms with E-state index >= 15 is 0 Å². The van der Waals surface area contributed by atoms with Gasteiger partial charge in [-0.2, -0.15) is 4.31 Å². The first-order valence-electron chi connectivity index (χ1n) is 12.6. The number of hydrogen-bond donors (Lipinski definition) is 0. The Bertz CT molecular complexity index is 1480. The lowest BCUT2D eigenvalue weighted by Gasteiger charge is -2.20. The number of benzene rings is 3. The number of aromatic nitrogens is 1. The molecule has 1 fully saturated rings. The van der Waals surface area contributed by atoms with Gasteiger partial charge in [0.25, 0.3) is 0 Å². The van der Waals surface area contributed by atoms with E-state index in [4.69, 9.17) is 9.73 Å². The Morgan fingerprint density at radius 3 is 2.19 bits per heavy atom. The molecule has 0 aliphatic carbocycles. The predicted octanol–water partition coefficient (Wildman–Crippen LogP) is 6.07. The van der Waals surface area contributed by atoms with Gasteiger partial charge in [0.1, 0.15) is 5.75 Å². The summed E-state index contributed by atoms with van der Waals surface area (Å²) in [5.41, 5.74) is 3.96. The molecule has 1 aliphatic rings. The molecule has 0 N–H and O–H groups in total. The second kappa shape index (κ2) is 11.5. The Labute approximate surface area is 222 Å². The predicted molar refractivity (Wildman–Crippen MR) is 149 cm³/mol. The van der Waals surface area contributed by atoms with Gasteiger partial charge in [-0.25, -0.2) is 13.4 Å². The van der Waals surface area contributed by atoms with Crippen LogP contribution in [0.3, 0.4) is 0 Å². The summed E-state index contributed by atoms with van der Waals surface area (Å²) in [6.07, 6.45) is 4.03. The third-order valence-electron chi connectivity index (χ3n) is 6.63. The van der Waals surface area contributed by atoms with Crippen molar-refractivity contribution in [1.82, 2.24) is 8.87 Å². The van der Waals surface area contributed by atoms with Crippen molar-refractivity contribution >= 4 is 27.0 Å². The van der Waals surface area contributed by atoms with Crippen LogP contribution in [-0.4, -0.2) is 37.5 Å². The average Bonchev–Trinajstić information content (AvgIpc) is 3.12. The Morgan fingerprint density at radius 1 is 0.865 bits per heavy atom. The van der Waals surface area contributed by atoms with E-state index in [1.807, 2.05) is 54.6 Å². The summed E-state index contributed by atoms with van der Waals surface area (Å²) in [5, 5.41) is 2.09. The first kappa shape index (κ1) is 25.4. The van der Waals surface area contributed by atoms with E-state index < -0.39 is 10.0 Å². The molecule has 0 spiro atoms. The van der Waals surface area contributed by atoms with E-state index in [1.165, 1.54) is 5.56 Å². The summed E-state index contributed by atoms with van der Waals surface area (Å²) < 4.78 is 35.6. The minimum Gasteiger partial charge on any atom is -0.497 e. The third-order valence-corrected chi connectivity index (χ3v) is 9.41. The van der Waals surface area contributed by atoms with E-state index in [9.17, 15) is 8.42 Å². The SMILES string of the molecule is COc1ccc(N=c2scc(-c3ccc(S(=O)(=O)N4CCCCCC4)cc3)n2Cc2ccccc2)cc1. The van der Waals surface area contributed by atoms with E-state index in [0.717, 1.165) is 53.2 Å². The number of hydrogen-bond acceptors (Lipinski definition) is 5. The van der Waals surface area contributed by atoms with Gasteiger partial charge in [-0.05, 0) is 60.4 Å². The maximum absolute atomic E-state index is 13.2. The highest BCUT2D eigenvalue weighted by Crippen LogP contribution is 2.26. The summed E-state index contributed by atoms with van der Waals surface area (Å²) in [6, 6.07) is 25.2. The van der Waals surface area contributed by atoms with Gasteiger partial charge in [-0.1, -0.05) is 55.3 Å². The fourth-order valence-corrected chi connectivity index (χ4v) is 7.01. The van der Waals surface area contributed by atoms with Crippen molar-refractivity contribution in [2.75, 3.05) is 20.2 Å². The average molecular weight is 534 g/mol. The van der Waals surface area contributed by atoms with Crippen LogP contribution in [0.5, 0.6) is 5.75 Å². The lowest BCUT2D eigenvalue weighted by atomic mass is 10.1. The maximum Gasteiger partial charge on any atom is 0.243 e. The number of rotatable bonds is 7. The number of sulfonamides is 1. The zero-order chi connectivity index (χ0) is 25.7. The van der Waals surface area contributed by atoms with Crippen LogP contribution in [-0.2, 0) is 16.6 Å². The van der Waals surface area contributed by atoms with Crippen molar-refractivity contribution < 1.29 is 13.2 Å². The minimum absolute atomic E-state index is 0.353. The van der Waals surface area contributed by atoms with Gasteiger partial charge >= 0.3 is 0 Å². The molecule has 0 radical (unpaired) electrons. The maximum atomic E-state index is 13.2. The van der Waals surface area contributed by atoms with Crippen molar-refractivity contribution in [3.8, 4) is 17.0 Å². The highest BCUT2D eigenvalue weighted by Gasteiger charge is 2.25. The molecule has 37 heavy (non-hydrogen) atoms. The molecule has 2 heterocycles. The molecule has 0 atom stereocenters. The Morgan fingerprint density at radius 2 is 1.54 bits per heavy atom. The molecule has 6 nitrogen and oxygen atoms in total. The molecule has 1 saturated heterocycles. The zero-order valence-corrected chi connectivity index (χ0v) is 22.5. The normalized spacial score (nSPS) is 15.4. The highest BCUT2D eigenvalue weighted by atomic mass is 32.2. The fourth-order valence-electron chi connectivity index (χ4n) is 4.56. The Hall–Kier alpha value is -3.20. The number of methoxy groups -OCH3 is 1. The van der Waals surface area contributed by atoms with Crippen LogP contribution in [0.2, 0.25) is 0 Å². The first-order chi connectivity index (χ1) is 18.0. The van der Waals surface area contributed by atoms with Crippen molar-refractivity contribution in [1.29, 1.82) is 0 Å². The van der Waals surface area contributed by atoms with Gasteiger partial charge in [-0.15, -0.1) is 11.3 Å². The quantitative estimate of drug-likeness (QED) is 0.290. The molecular formula is C29H31N3O3S2. The second-order valence-corrected chi connectivity index (χ2v) is 11.9. The number of thiazole rings is 1. The van der Waals surface area contributed by atoms with E-state index in [2.05, 4.69) is 22.1 Å². The minimum atomic E-state index is -3.48. The standard InChI is InChI=1S/C29H31N3O3S2/c1-35-26-15-13-25(14-16-26)30-29-32(21-23-9-5-4-6-10-23)28(22-36-29)24-11-17-27(18-12-24)37(33,34)31-19-7-2-3-8-20-31/h4-6,9-18,22H,2-3,7-8,19-21H2,1H3. The van der Waals surface area contributed by atoms with E-state index in [-0.39, 0.29) is 0 Å². The van der Waals surface area contributed by atoms with Crippen molar-refractivity contribution in [2.45, 2.75) is 37.1 Å². The van der Waals surface area contributed by atoms with Crippen molar-refractivity contribution in [2.24, 2.45) is 4.99 Å². The van der Waals surface area contributed by atoms with Crippen molar-refractivity contribution in [3.05, 3.63) is 94.6 Å². The third kappa shape index (κ3) is 5.87. The van der Waals surface area contributed by atoms with Crippen LogP contribution in [0, 0.1) is 0 Å². The molecule has 1 aliphatic heterocycles. The summed E-state index contributed by atoms with van der Waals surface area (Å²) in [7, 11) is -1.84. The van der Waals surface area contributed by atoms with Gasteiger partial charge in [0.2, 0.25) is 10.0 Å². The lowest BCUT2D eigenvalue weighted by molar-refractivity contribution is 0.415. The van der Waals surface area contributed by atoms with Crippen molar-refractivity contribution in [3.63, 3.8) is 0 Å². The zero-order valence-electron chi connectivity index (χ0n) is 20.9. The summed E-state index contributed by atoms with van der Waals surface area (Å²) >= 11 is 1.57. The summed E-state index contributed by atoms with van der Waals surface area (Å²) in [5.74, 6) is 0.790. The second-order valence-electron chi connectivity index (χ2n) is 9.13. The molecule has 8 heteroatoms. The Kier molecular flexibility index (Phi) is 7.88. The van der Waals surface area contributed by atoms with Gasteiger partial charge in [0, 0.05) is 18.5 Å². The molecule has 3 aromatic carbocycles. The van der Waals surface area contributed by atoms with Crippen LogP contribution in [0.25, 0.3) is 11.3 Å². The largest absolute Gasteiger partial charge is 0.497 e. The van der Waals surface area contributed by atoms with Crippen LogP contribution < -0.4 is 9.54 Å². The van der Waals surface area contributed by atoms with Crippen LogP contribution in [0.1, 0.15) is 31.2 Å². The van der Waals surface area contributed by atoms with Gasteiger partial charge < -0.3 is 9.30 Å². The number of nitrogens with zero attached hydrogens (tertiary/aromatic N) is 3. The molecule has 0 unspecified atom stereocenters. The fraction of sp³-hybridized carbons (Fsp3) is 0.276. The van der Waals surface area contributed by atoms with Gasteiger partial charge in [-0.3, -0.25) is 0 Å².